The summed E-state index contributed by atoms with van der Waals surface area (Å²) in [6.45, 7) is 10.1. The van der Waals surface area contributed by atoms with Gasteiger partial charge in [0.25, 0.3) is 0 Å². The fourth-order valence-corrected chi connectivity index (χ4v) is 6.38. The zero-order valence-corrected chi connectivity index (χ0v) is 18.9. The van der Waals surface area contributed by atoms with E-state index in [9.17, 15) is 8.42 Å². The Bertz CT molecular complexity index is 1170. The number of nitrogens with zero attached hydrogens (tertiary/aromatic N) is 3. The Balaban J connectivity index is 1.72. The first-order valence-electron chi connectivity index (χ1n) is 10.2. The lowest BCUT2D eigenvalue weighted by molar-refractivity contribution is 0.290. The van der Waals surface area contributed by atoms with Gasteiger partial charge in [-0.2, -0.15) is 9.29 Å². The van der Waals surface area contributed by atoms with Crippen molar-refractivity contribution in [2.45, 2.75) is 58.4 Å². The molecular weight excluding hydrogens is 398 g/mol. The standard InChI is InChI=1S/C23H27N3O3S/c1-14-8-10-19(11-9-14)22-24-23(29-25-22)20-7-6-12-26(20)30(27,28)21-17(4)15(2)13-16(3)18(21)5/h8-11,13,20H,6-7,12H2,1-5H3. The molecule has 0 amide bonds. The third-order valence-corrected chi connectivity index (χ3v) is 8.29. The van der Waals surface area contributed by atoms with E-state index in [4.69, 9.17) is 4.52 Å². The van der Waals surface area contributed by atoms with Crippen LogP contribution in [0.3, 0.4) is 0 Å². The van der Waals surface area contributed by atoms with Gasteiger partial charge in [0.15, 0.2) is 0 Å². The number of sulfonamides is 1. The van der Waals surface area contributed by atoms with Crippen molar-refractivity contribution in [3.05, 3.63) is 64.0 Å². The van der Waals surface area contributed by atoms with Crippen LogP contribution in [0.15, 0.2) is 39.8 Å². The SMILES string of the molecule is Cc1ccc(-c2noc(C3CCCN3S(=O)(=O)c3c(C)c(C)cc(C)c3C)n2)cc1. The number of aryl methyl sites for hydroxylation is 3. The molecule has 7 heteroatoms. The minimum Gasteiger partial charge on any atom is -0.337 e. The number of hydrogen-bond acceptors (Lipinski definition) is 5. The molecule has 0 saturated carbocycles. The fourth-order valence-electron chi connectivity index (χ4n) is 4.15. The maximum atomic E-state index is 13.7. The van der Waals surface area contributed by atoms with Crippen LogP contribution in [0.5, 0.6) is 0 Å². The highest BCUT2D eigenvalue weighted by Gasteiger charge is 2.41. The van der Waals surface area contributed by atoms with Gasteiger partial charge >= 0.3 is 0 Å². The summed E-state index contributed by atoms with van der Waals surface area (Å²) in [5.41, 5.74) is 5.56. The second-order valence-electron chi connectivity index (χ2n) is 8.19. The van der Waals surface area contributed by atoms with Crippen LogP contribution in [0.1, 0.15) is 52.6 Å². The van der Waals surface area contributed by atoms with Crippen molar-refractivity contribution in [2.24, 2.45) is 0 Å². The van der Waals surface area contributed by atoms with E-state index in [1.165, 1.54) is 4.31 Å². The van der Waals surface area contributed by atoms with E-state index < -0.39 is 16.1 Å². The third kappa shape index (κ3) is 3.46. The topological polar surface area (TPSA) is 76.3 Å². The molecule has 1 atom stereocenters. The molecule has 6 nitrogen and oxygen atoms in total. The van der Waals surface area contributed by atoms with Gasteiger partial charge < -0.3 is 4.52 Å². The molecule has 2 aromatic carbocycles. The lowest BCUT2D eigenvalue weighted by Crippen LogP contribution is -2.32. The summed E-state index contributed by atoms with van der Waals surface area (Å²) in [4.78, 5) is 4.95. The largest absolute Gasteiger partial charge is 0.337 e. The molecule has 0 N–H and O–H groups in total. The molecule has 158 valence electrons. The lowest BCUT2D eigenvalue weighted by atomic mass is 10.0. The first-order valence-corrected chi connectivity index (χ1v) is 11.6. The summed E-state index contributed by atoms with van der Waals surface area (Å²) in [5, 5.41) is 4.11. The van der Waals surface area contributed by atoms with E-state index in [-0.39, 0.29) is 0 Å². The molecule has 1 aromatic heterocycles. The van der Waals surface area contributed by atoms with Gasteiger partial charge in [0.05, 0.1) is 4.90 Å². The Morgan fingerprint density at radius 2 is 1.63 bits per heavy atom. The lowest BCUT2D eigenvalue weighted by Gasteiger charge is -2.25. The van der Waals surface area contributed by atoms with E-state index in [1.807, 2.05) is 65.0 Å². The highest BCUT2D eigenvalue weighted by Crippen LogP contribution is 2.39. The highest BCUT2D eigenvalue weighted by atomic mass is 32.2. The zero-order valence-electron chi connectivity index (χ0n) is 18.1. The quantitative estimate of drug-likeness (QED) is 0.600. The first kappa shape index (κ1) is 20.8. The summed E-state index contributed by atoms with van der Waals surface area (Å²) < 4.78 is 34.5. The second kappa shape index (κ2) is 7.63. The number of aromatic nitrogens is 2. The summed E-state index contributed by atoms with van der Waals surface area (Å²) in [6.07, 6.45) is 1.42. The Morgan fingerprint density at radius 3 is 2.27 bits per heavy atom. The zero-order chi connectivity index (χ0) is 21.6. The van der Waals surface area contributed by atoms with E-state index in [0.29, 0.717) is 29.6 Å². The van der Waals surface area contributed by atoms with E-state index in [0.717, 1.165) is 39.8 Å². The van der Waals surface area contributed by atoms with E-state index >= 15 is 0 Å². The normalized spacial score (nSPS) is 17.6. The predicted octanol–water partition coefficient (Wildman–Crippen LogP) is 4.80. The van der Waals surface area contributed by atoms with Crippen LogP contribution in [0, 0.1) is 34.6 Å². The fraction of sp³-hybridized carbons (Fsp3) is 0.391. The molecule has 0 bridgehead atoms. The predicted molar refractivity (Wildman–Crippen MR) is 116 cm³/mol. The monoisotopic (exact) mass is 425 g/mol. The van der Waals surface area contributed by atoms with Crippen LogP contribution in [0.25, 0.3) is 11.4 Å². The summed E-state index contributed by atoms with van der Waals surface area (Å²) in [5.74, 6) is 0.833. The molecule has 0 aliphatic carbocycles. The van der Waals surface area contributed by atoms with Crippen molar-refractivity contribution >= 4 is 10.0 Å². The third-order valence-electron chi connectivity index (χ3n) is 6.10. The van der Waals surface area contributed by atoms with Crippen molar-refractivity contribution < 1.29 is 12.9 Å². The Morgan fingerprint density at radius 1 is 1.00 bits per heavy atom. The van der Waals surface area contributed by atoms with Gasteiger partial charge in [-0.05, 0) is 69.7 Å². The van der Waals surface area contributed by atoms with Crippen molar-refractivity contribution in [2.75, 3.05) is 6.54 Å². The van der Waals surface area contributed by atoms with E-state index in [1.54, 1.807) is 0 Å². The molecule has 30 heavy (non-hydrogen) atoms. The van der Waals surface area contributed by atoms with Crippen LogP contribution in [-0.2, 0) is 10.0 Å². The maximum Gasteiger partial charge on any atom is 0.245 e. The average molecular weight is 426 g/mol. The molecule has 0 radical (unpaired) electrons. The van der Waals surface area contributed by atoms with Gasteiger partial charge in [0.2, 0.25) is 21.7 Å². The molecule has 1 aliphatic rings. The van der Waals surface area contributed by atoms with Crippen LogP contribution in [0.4, 0.5) is 0 Å². The van der Waals surface area contributed by atoms with Gasteiger partial charge in [-0.3, -0.25) is 0 Å². The number of hydrogen-bond donors (Lipinski definition) is 0. The number of benzene rings is 2. The Kier molecular flexibility index (Phi) is 5.28. The van der Waals surface area contributed by atoms with Crippen molar-refractivity contribution in [1.29, 1.82) is 0 Å². The molecule has 1 aliphatic heterocycles. The smallest absolute Gasteiger partial charge is 0.245 e. The molecule has 3 aromatic rings. The minimum atomic E-state index is -3.70. The molecule has 4 rings (SSSR count). The maximum absolute atomic E-state index is 13.7. The molecule has 1 unspecified atom stereocenters. The van der Waals surface area contributed by atoms with Crippen LogP contribution >= 0.6 is 0 Å². The Labute approximate surface area is 178 Å². The van der Waals surface area contributed by atoms with Gasteiger partial charge in [-0.1, -0.05) is 41.1 Å². The van der Waals surface area contributed by atoms with Gasteiger partial charge in [0.1, 0.15) is 6.04 Å². The second-order valence-corrected chi connectivity index (χ2v) is 10.0. The first-order chi connectivity index (χ1) is 14.2. The molecule has 0 spiro atoms. The van der Waals surface area contributed by atoms with Crippen molar-refractivity contribution in [3.63, 3.8) is 0 Å². The van der Waals surface area contributed by atoms with E-state index in [2.05, 4.69) is 10.1 Å². The van der Waals surface area contributed by atoms with Crippen molar-refractivity contribution in [3.8, 4) is 11.4 Å². The van der Waals surface area contributed by atoms with Gasteiger partial charge in [-0.25, -0.2) is 8.42 Å². The highest BCUT2D eigenvalue weighted by molar-refractivity contribution is 7.89. The van der Waals surface area contributed by atoms with Crippen LogP contribution in [0.2, 0.25) is 0 Å². The van der Waals surface area contributed by atoms with Crippen LogP contribution < -0.4 is 0 Å². The van der Waals surface area contributed by atoms with Crippen LogP contribution in [-0.4, -0.2) is 29.4 Å². The molecule has 1 fully saturated rings. The Hall–Kier alpha value is -2.51. The number of rotatable bonds is 4. The molecule has 2 heterocycles. The summed E-state index contributed by atoms with van der Waals surface area (Å²) in [6, 6.07) is 9.45. The molecule has 1 saturated heterocycles. The average Bonchev–Trinajstić information content (AvgIpc) is 3.36. The summed E-state index contributed by atoms with van der Waals surface area (Å²) >= 11 is 0. The minimum absolute atomic E-state index is 0.353. The van der Waals surface area contributed by atoms with Crippen molar-refractivity contribution in [1.82, 2.24) is 14.4 Å². The van der Waals surface area contributed by atoms with Gasteiger partial charge in [0, 0.05) is 12.1 Å². The van der Waals surface area contributed by atoms with Gasteiger partial charge in [-0.15, -0.1) is 0 Å². The molecular formula is C23H27N3O3S. The summed E-state index contributed by atoms with van der Waals surface area (Å²) in [7, 11) is -3.70.